The summed E-state index contributed by atoms with van der Waals surface area (Å²) in [6.45, 7) is 5.51. The second-order valence-electron chi connectivity index (χ2n) is 4.60. The van der Waals surface area contributed by atoms with Gasteiger partial charge in [0.2, 0.25) is 5.91 Å². The van der Waals surface area contributed by atoms with E-state index in [0.717, 1.165) is 36.8 Å². The SMILES string of the molecule is CC(=O)NC1CCN(c2cc(CN)nc(C)n2)C1. The molecule has 18 heavy (non-hydrogen) atoms. The van der Waals surface area contributed by atoms with Crippen molar-refractivity contribution in [2.24, 2.45) is 5.73 Å². The lowest BCUT2D eigenvalue weighted by molar-refractivity contribution is -0.119. The van der Waals surface area contributed by atoms with Crippen molar-refractivity contribution in [1.29, 1.82) is 0 Å². The highest BCUT2D eigenvalue weighted by atomic mass is 16.1. The van der Waals surface area contributed by atoms with Crippen molar-refractivity contribution in [3.05, 3.63) is 17.6 Å². The molecule has 3 N–H and O–H groups in total. The molecule has 1 unspecified atom stereocenters. The predicted molar refractivity (Wildman–Crippen MR) is 69.1 cm³/mol. The van der Waals surface area contributed by atoms with Crippen molar-refractivity contribution in [2.45, 2.75) is 32.9 Å². The summed E-state index contributed by atoms with van der Waals surface area (Å²) in [6.07, 6.45) is 0.945. The van der Waals surface area contributed by atoms with Gasteiger partial charge in [0.15, 0.2) is 0 Å². The number of rotatable bonds is 3. The van der Waals surface area contributed by atoms with Gasteiger partial charge in [0.05, 0.1) is 5.69 Å². The Labute approximate surface area is 107 Å². The summed E-state index contributed by atoms with van der Waals surface area (Å²) in [7, 11) is 0. The molecule has 1 aliphatic heterocycles. The van der Waals surface area contributed by atoms with Gasteiger partial charge in [-0.3, -0.25) is 4.79 Å². The molecular weight excluding hydrogens is 230 g/mol. The van der Waals surface area contributed by atoms with E-state index in [1.165, 1.54) is 0 Å². The molecule has 6 heteroatoms. The Kier molecular flexibility index (Phi) is 3.76. The number of hydrogen-bond donors (Lipinski definition) is 2. The summed E-state index contributed by atoms with van der Waals surface area (Å²) in [4.78, 5) is 21.9. The molecule has 0 saturated carbocycles. The van der Waals surface area contributed by atoms with E-state index in [9.17, 15) is 4.79 Å². The molecule has 1 fully saturated rings. The number of amides is 1. The number of nitrogens with one attached hydrogen (secondary N) is 1. The monoisotopic (exact) mass is 249 g/mol. The lowest BCUT2D eigenvalue weighted by atomic mass is 10.2. The Bertz CT molecular complexity index is 448. The molecule has 2 heterocycles. The fraction of sp³-hybridized carbons (Fsp3) is 0.583. The standard InChI is InChI=1S/C12H19N5O/c1-8-14-11(6-13)5-12(15-8)17-4-3-10(7-17)16-9(2)18/h5,10H,3-4,6-7,13H2,1-2H3,(H,16,18). The normalized spacial score (nSPS) is 19.1. The zero-order chi connectivity index (χ0) is 13.1. The molecule has 2 rings (SSSR count). The summed E-state index contributed by atoms with van der Waals surface area (Å²) < 4.78 is 0. The van der Waals surface area contributed by atoms with Crippen LogP contribution in [0.1, 0.15) is 24.9 Å². The van der Waals surface area contributed by atoms with Gasteiger partial charge in [-0.1, -0.05) is 0 Å². The Hall–Kier alpha value is -1.69. The third-order valence-electron chi connectivity index (χ3n) is 3.01. The van der Waals surface area contributed by atoms with Crippen LogP contribution in [0.25, 0.3) is 0 Å². The molecule has 0 spiro atoms. The minimum atomic E-state index is 0.0170. The van der Waals surface area contributed by atoms with E-state index in [-0.39, 0.29) is 11.9 Å². The van der Waals surface area contributed by atoms with Crippen LogP contribution in [0.15, 0.2) is 6.07 Å². The number of carbonyl (C=O) groups excluding carboxylic acids is 1. The van der Waals surface area contributed by atoms with Gasteiger partial charge in [0.1, 0.15) is 11.6 Å². The number of nitrogens with two attached hydrogens (primary N) is 1. The summed E-state index contributed by atoms with van der Waals surface area (Å²) in [6, 6.07) is 2.13. The maximum absolute atomic E-state index is 11.0. The minimum absolute atomic E-state index is 0.0170. The molecule has 1 saturated heterocycles. The molecule has 0 aromatic carbocycles. The van der Waals surface area contributed by atoms with Crippen molar-refractivity contribution < 1.29 is 4.79 Å². The van der Waals surface area contributed by atoms with E-state index >= 15 is 0 Å². The Morgan fingerprint density at radius 3 is 3.06 bits per heavy atom. The molecule has 6 nitrogen and oxygen atoms in total. The average molecular weight is 249 g/mol. The smallest absolute Gasteiger partial charge is 0.217 e. The van der Waals surface area contributed by atoms with E-state index < -0.39 is 0 Å². The first-order valence-electron chi connectivity index (χ1n) is 6.15. The Morgan fingerprint density at radius 1 is 1.61 bits per heavy atom. The van der Waals surface area contributed by atoms with Gasteiger partial charge in [0.25, 0.3) is 0 Å². The molecule has 0 bridgehead atoms. The van der Waals surface area contributed by atoms with Crippen LogP contribution in [0.5, 0.6) is 0 Å². The highest BCUT2D eigenvalue weighted by molar-refractivity contribution is 5.73. The van der Waals surface area contributed by atoms with E-state index in [2.05, 4.69) is 20.2 Å². The van der Waals surface area contributed by atoms with Gasteiger partial charge in [-0.25, -0.2) is 9.97 Å². The quantitative estimate of drug-likeness (QED) is 0.785. The lowest BCUT2D eigenvalue weighted by Crippen LogP contribution is -2.35. The first-order valence-corrected chi connectivity index (χ1v) is 6.15. The first kappa shape index (κ1) is 12.8. The maximum atomic E-state index is 11.0. The van der Waals surface area contributed by atoms with E-state index in [1.54, 1.807) is 6.92 Å². The number of nitrogens with zero attached hydrogens (tertiary/aromatic N) is 3. The van der Waals surface area contributed by atoms with Crippen molar-refractivity contribution >= 4 is 11.7 Å². The molecule has 1 aromatic heterocycles. The number of aryl methyl sites for hydroxylation is 1. The summed E-state index contributed by atoms with van der Waals surface area (Å²) >= 11 is 0. The molecule has 1 aromatic rings. The molecule has 1 amide bonds. The largest absolute Gasteiger partial charge is 0.354 e. The van der Waals surface area contributed by atoms with Crippen molar-refractivity contribution in [3.63, 3.8) is 0 Å². The second kappa shape index (κ2) is 5.30. The Balaban J connectivity index is 2.09. The lowest BCUT2D eigenvalue weighted by Gasteiger charge is -2.18. The van der Waals surface area contributed by atoms with Crippen molar-refractivity contribution in [2.75, 3.05) is 18.0 Å². The molecule has 98 valence electrons. The van der Waals surface area contributed by atoms with Crippen LogP contribution >= 0.6 is 0 Å². The molecule has 1 atom stereocenters. The fourth-order valence-electron chi connectivity index (χ4n) is 2.25. The number of aromatic nitrogens is 2. The topological polar surface area (TPSA) is 84.1 Å². The number of anilines is 1. The summed E-state index contributed by atoms with van der Waals surface area (Å²) in [5.41, 5.74) is 6.46. The highest BCUT2D eigenvalue weighted by Crippen LogP contribution is 2.19. The molecule has 0 aliphatic carbocycles. The van der Waals surface area contributed by atoms with E-state index in [4.69, 9.17) is 5.73 Å². The maximum Gasteiger partial charge on any atom is 0.217 e. The third kappa shape index (κ3) is 2.95. The fourth-order valence-corrected chi connectivity index (χ4v) is 2.25. The van der Waals surface area contributed by atoms with Gasteiger partial charge in [0, 0.05) is 38.7 Å². The Morgan fingerprint density at radius 2 is 2.39 bits per heavy atom. The van der Waals surface area contributed by atoms with Crippen LogP contribution in [0.3, 0.4) is 0 Å². The predicted octanol–water partition coefficient (Wildman–Crippen LogP) is -0.0415. The second-order valence-corrected chi connectivity index (χ2v) is 4.60. The summed E-state index contributed by atoms with van der Waals surface area (Å²) in [5.74, 6) is 1.65. The molecular formula is C12H19N5O. The highest BCUT2D eigenvalue weighted by Gasteiger charge is 2.24. The van der Waals surface area contributed by atoms with Crippen LogP contribution in [0, 0.1) is 6.92 Å². The van der Waals surface area contributed by atoms with Crippen LogP contribution in [0.2, 0.25) is 0 Å². The van der Waals surface area contributed by atoms with E-state index in [1.807, 2.05) is 13.0 Å². The third-order valence-corrected chi connectivity index (χ3v) is 3.01. The minimum Gasteiger partial charge on any atom is -0.354 e. The van der Waals surface area contributed by atoms with Gasteiger partial charge in [-0.05, 0) is 13.3 Å². The van der Waals surface area contributed by atoms with Gasteiger partial charge in [-0.15, -0.1) is 0 Å². The van der Waals surface area contributed by atoms with Gasteiger partial charge < -0.3 is 16.0 Å². The van der Waals surface area contributed by atoms with Crippen molar-refractivity contribution in [1.82, 2.24) is 15.3 Å². The van der Waals surface area contributed by atoms with Crippen LogP contribution in [0.4, 0.5) is 5.82 Å². The first-order chi connectivity index (χ1) is 8.58. The summed E-state index contributed by atoms with van der Waals surface area (Å²) in [5, 5.41) is 2.94. The molecule has 0 radical (unpaired) electrons. The number of carbonyl (C=O) groups is 1. The van der Waals surface area contributed by atoms with Gasteiger partial charge >= 0.3 is 0 Å². The zero-order valence-corrected chi connectivity index (χ0v) is 10.8. The zero-order valence-electron chi connectivity index (χ0n) is 10.8. The molecule has 1 aliphatic rings. The van der Waals surface area contributed by atoms with E-state index in [0.29, 0.717) is 6.54 Å². The van der Waals surface area contributed by atoms with Gasteiger partial charge in [-0.2, -0.15) is 0 Å². The number of hydrogen-bond acceptors (Lipinski definition) is 5. The van der Waals surface area contributed by atoms with Crippen molar-refractivity contribution in [3.8, 4) is 0 Å². The van der Waals surface area contributed by atoms with Crippen LogP contribution in [-0.4, -0.2) is 35.0 Å². The average Bonchev–Trinajstić information content (AvgIpc) is 2.75. The van der Waals surface area contributed by atoms with Crippen LogP contribution in [-0.2, 0) is 11.3 Å². The van der Waals surface area contributed by atoms with Crippen LogP contribution < -0.4 is 16.0 Å².